The van der Waals surface area contributed by atoms with E-state index in [1.54, 1.807) is 26.4 Å². The smallest absolute Gasteiger partial charge is 0.151 e. The van der Waals surface area contributed by atoms with Gasteiger partial charge < -0.3 is 15.5 Å². The van der Waals surface area contributed by atoms with E-state index in [9.17, 15) is 4.79 Å². The molecule has 0 bridgehead atoms. The van der Waals surface area contributed by atoms with Crippen molar-refractivity contribution in [3.63, 3.8) is 0 Å². The van der Waals surface area contributed by atoms with Crippen LogP contribution in [-0.4, -0.2) is 38.3 Å². The van der Waals surface area contributed by atoms with Gasteiger partial charge in [-0.25, -0.2) is 5.84 Å². The van der Waals surface area contributed by atoms with Gasteiger partial charge >= 0.3 is 0 Å². The average molecular weight is 322 g/mol. The van der Waals surface area contributed by atoms with Gasteiger partial charge in [0.2, 0.25) is 0 Å². The number of methoxy groups -OCH3 is 1. The molecule has 4 N–H and O–H groups in total. The van der Waals surface area contributed by atoms with E-state index in [0.29, 0.717) is 23.4 Å². The lowest BCUT2D eigenvalue weighted by Gasteiger charge is -2.07. The van der Waals surface area contributed by atoms with Gasteiger partial charge in [-0.3, -0.25) is 9.79 Å². The summed E-state index contributed by atoms with van der Waals surface area (Å²) in [4.78, 5) is 15.5. The zero-order valence-electron chi connectivity index (χ0n) is 14.5. The summed E-state index contributed by atoms with van der Waals surface area (Å²) in [5.41, 5.74) is 7.64. The molecule has 0 heterocycles. The molecular formula is C17H30N4O2. The Bertz CT molecular complexity index is 452. The molecular weight excluding hydrogens is 292 g/mol. The summed E-state index contributed by atoms with van der Waals surface area (Å²) in [6.07, 6.45) is 12.4. The average Bonchev–Trinajstić information content (AvgIpc) is 2.51. The molecule has 0 spiro atoms. The molecule has 0 saturated heterocycles. The van der Waals surface area contributed by atoms with Gasteiger partial charge in [-0.15, -0.1) is 0 Å². The molecule has 0 atom stereocenters. The molecule has 0 aliphatic carbocycles. The minimum Gasteiger partial charge on any atom is -0.401 e. The Labute approximate surface area is 139 Å². The fourth-order valence-electron chi connectivity index (χ4n) is 1.87. The third-order valence-electron chi connectivity index (χ3n) is 3.05. The molecule has 0 aromatic carbocycles. The van der Waals surface area contributed by atoms with Gasteiger partial charge in [-0.05, 0) is 26.2 Å². The number of carbonyl (C=O) groups excluding carboxylic acids is 1. The number of aliphatic imine (C=N–C) groups is 1. The van der Waals surface area contributed by atoms with Crippen LogP contribution in [0.1, 0.15) is 39.0 Å². The Kier molecular flexibility index (Phi) is 12.6. The largest absolute Gasteiger partial charge is 0.401 e. The quantitative estimate of drug-likeness (QED) is 0.109. The molecule has 0 rings (SSSR count). The van der Waals surface area contributed by atoms with Crippen LogP contribution in [0.5, 0.6) is 0 Å². The summed E-state index contributed by atoms with van der Waals surface area (Å²) >= 11 is 0. The summed E-state index contributed by atoms with van der Waals surface area (Å²) in [5, 5.41) is 1.39. The van der Waals surface area contributed by atoms with Gasteiger partial charge in [0.05, 0.1) is 5.70 Å². The fourth-order valence-corrected chi connectivity index (χ4v) is 1.87. The molecule has 23 heavy (non-hydrogen) atoms. The minimum absolute atomic E-state index is 0.479. The van der Waals surface area contributed by atoms with Crippen LogP contribution in [0, 0.1) is 0 Å². The molecule has 0 aromatic rings. The van der Waals surface area contributed by atoms with E-state index in [4.69, 9.17) is 16.3 Å². The number of carbonyl (C=O) groups is 1. The highest BCUT2D eigenvalue weighted by Crippen LogP contribution is 2.12. The first-order valence-corrected chi connectivity index (χ1v) is 7.82. The lowest BCUT2D eigenvalue weighted by Crippen LogP contribution is -2.20. The first kappa shape index (κ1) is 21.1. The van der Waals surface area contributed by atoms with Crippen LogP contribution in [0.15, 0.2) is 40.3 Å². The van der Waals surface area contributed by atoms with Gasteiger partial charge in [0, 0.05) is 50.9 Å². The number of aldehydes is 1. The Balaban J connectivity index is 4.67. The van der Waals surface area contributed by atoms with Gasteiger partial charge in [-0.2, -0.15) is 0 Å². The van der Waals surface area contributed by atoms with Crippen molar-refractivity contribution in [3.05, 3.63) is 35.3 Å². The van der Waals surface area contributed by atoms with Crippen molar-refractivity contribution in [1.29, 1.82) is 0 Å². The summed E-state index contributed by atoms with van der Waals surface area (Å²) < 4.78 is 5.01. The highest BCUT2D eigenvalue weighted by molar-refractivity contribution is 5.81. The number of nitrogens with zero attached hydrogens (tertiary/aromatic N) is 2. The van der Waals surface area contributed by atoms with Crippen LogP contribution in [0.25, 0.3) is 0 Å². The molecule has 0 fully saturated rings. The van der Waals surface area contributed by atoms with Crippen molar-refractivity contribution in [1.82, 2.24) is 5.01 Å². The van der Waals surface area contributed by atoms with Crippen LogP contribution >= 0.6 is 0 Å². The molecule has 0 aromatic heterocycles. The lowest BCUT2D eigenvalue weighted by atomic mass is 10.1. The standard InChI is InChI=1S/C17H30N4O2/c1-4-15(14-22)17(10-9-16(18)13-21(2)19)20-11-7-5-6-8-12-23-3/h4,10-11,13-14H,5-9,12,18-19H2,1-3H3/b15-4-,16-13-,17-10+,20-11?. The van der Waals surface area contributed by atoms with Crippen LogP contribution < -0.4 is 11.6 Å². The third-order valence-corrected chi connectivity index (χ3v) is 3.05. The Morgan fingerprint density at radius 2 is 2.04 bits per heavy atom. The van der Waals surface area contributed by atoms with Gasteiger partial charge in [0.25, 0.3) is 0 Å². The summed E-state index contributed by atoms with van der Waals surface area (Å²) in [6.45, 7) is 2.60. The van der Waals surface area contributed by atoms with Crippen molar-refractivity contribution in [2.45, 2.75) is 39.0 Å². The van der Waals surface area contributed by atoms with E-state index in [1.165, 1.54) is 5.01 Å². The van der Waals surface area contributed by atoms with Crippen LogP contribution in [0.3, 0.4) is 0 Å². The summed E-state index contributed by atoms with van der Waals surface area (Å²) in [7, 11) is 3.40. The van der Waals surface area contributed by atoms with Crippen LogP contribution in [0.4, 0.5) is 0 Å². The van der Waals surface area contributed by atoms with E-state index in [-0.39, 0.29) is 0 Å². The molecule has 0 saturated carbocycles. The van der Waals surface area contributed by atoms with Crippen molar-refractivity contribution >= 4 is 12.5 Å². The fraction of sp³-hybridized carbons (Fsp3) is 0.529. The molecule has 6 heteroatoms. The van der Waals surface area contributed by atoms with Crippen molar-refractivity contribution in [3.8, 4) is 0 Å². The molecule has 0 radical (unpaired) electrons. The normalized spacial score (nSPS) is 13.7. The van der Waals surface area contributed by atoms with E-state index >= 15 is 0 Å². The molecule has 0 aliphatic heterocycles. The number of nitrogens with two attached hydrogens (primary N) is 2. The lowest BCUT2D eigenvalue weighted by molar-refractivity contribution is -0.104. The second-order valence-electron chi connectivity index (χ2n) is 5.18. The number of ether oxygens (including phenoxy) is 1. The van der Waals surface area contributed by atoms with E-state index < -0.39 is 0 Å². The number of unbranched alkanes of at least 4 members (excludes halogenated alkanes) is 3. The number of allylic oxidation sites excluding steroid dienone is 3. The molecule has 0 amide bonds. The predicted molar refractivity (Wildman–Crippen MR) is 95.6 cm³/mol. The third kappa shape index (κ3) is 11.3. The highest BCUT2D eigenvalue weighted by atomic mass is 16.5. The first-order chi connectivity index (χ1) is 11.0. The van der Waals surface area contributed by atoms with E-state index in [1.807, 2.05) is 19.2 Å². The van der Waals surface area contributed by atoms with Gasteiger partial charge in [-0.1, -0.05) is 18.6 Å². The summed E-state index contributed by atoms with van der Waals surface area (Å²) in [6, 6.07) is 0. The van der Waals surface area contributed by atoms with Gasteiger partial charge in [0.1, 0.15) is 0 Å². The maximum absolute atomic E-state index is 11.1. The summed E-state index contributed by atoms with van der Waals surface area (Å²) in [5.74, 6) is 5.51. The Morgan fingerprint density at radius 1 is 1.30 bits per heavy atom. The van der Waals surface area contributed by atoms with Crippen LogP contribution in [0.2, 0.25) is 0 Å². The van der Waals surface area contributed by atoms with Crippen LogP contribution in [-0.2, 0) is 9.53 Å². The monoisotopic (exact) mass is 322 g/mol. The zero-order chi connectivity index (χ0) is 17.5. The van der Waals surface area contributed by atoms with Gasteiger partial charge in [0.15, 0.2) is 6.29 Å². The van der Waals surface area contributed by atoms with Crippen molar-refractivity contribution < 1.29 is 9.53 Å². The zero-order valence-corrected chi connectivity index (χ0v) is 14.5. The number of rotatable bonds is 12. The number of hydrogen-bond acceptors (Lipinski definition) is 6. The Morgan fingerprint density at radius 3 is 2.61 bits per heavy atom. The second kappa shape index (κ2) is 13.7. The minimum atomic E-state index is 0.479. The molecule has 0 aliphatic rings. The van der Waals surface area contributed by atoms with E-state index in [0.717, 1.165) is 38.6 Å². The highest BCUT2D eigenvalue weighted by Gasteiger charge is 2.01. The predicted octanol–water partition coefficient (Wildman–Crippen LogP) is 2.29. The van der Waals surface area contributed by atoms with E-state index in [2.05, 4.69) is 4.99 Å². The van der Waals surface area contributed by atoms with Crippen molar-refractivity contribution in [2.75, 3.05) is 20.8 Å². The first-order valence-electron chi connectivity index (χ1n) is 7.82. The maximum atomic E-state index is 11.1. The topological polar surface area (TPSA) is 93.9 Å². The maximum Gasteiger partial charge on any atom is 0.151 e. The molecule has 130 valence electrons. The molecule has 6 nitrogen and oxygen atoms in total. The Hall–Kier alpha value is -1.92. The SMILES string of the molecule is C/C=C(C=O)\C(=C/C/C(N)=C/N(C)N)N=CCCCCCOC. The second-order valence-corrected chi connectivity index (χ2v) is 5.18. The molecule has 0 unspecified atom stereocenters. The number of hydrogen-bond donors (Lipinski definition) is 2. The van der Waals surface area contributed by atoms with Crippen molar-refractivity contribution in [2.24, 2.45) is 16.6 Å². The number of hydrazine groups is 1.